The molecule has 0 spiro atoms. The Morgan fingerprint density at radius 2 is 2.14 bits per heavy atom. The van der Waals surface area contributed by atoms with Crippen LogP contribution in [-0.4, -0.2) is 5.16 Å². The summed E-state index contributed by atoms with van der Waals surface area (Å²) in [7, 11) is 0. The van der Waals surface area contributed by atoms with Gasteiger partial charge in [-0.2, -0.15) is 0 Å². The maximum absolute atomic E-state index is 5.63. The van der Waals surface area contributed by atoms with Gasteiger partial charge in [0.15, 0.2) is 5.76 Å². The van der Waals surface area contributed by atoms with E-state index in [2.05, 4.69) is 5.16 Å². The fraction of sp³-hybridized carbons (Fsp3) is 0.125. The Kier molecular flexibility index (Phi) is 2.75. The third-order valence-corrected chi connectivity index (χ3v) is 3.01. The number of thiophene rings is 1. The Labute approximate surface area is 99.4 Å². The van der Waals surface area contributed by atoms with Crippen LogP contribution in [0, 0.1) is 0 Å². The van der Waals surface area contributed by atoms with Gasteiger partial charge in [-0.15, -0.1) is 11.3 Å². The molecular weight excluding hydrogens is 265 g/mol. The van der Waals surface area contributed by atoms with Crippen molar-refractivity contribution in [1.82, 2.24) is 5.16 Å². The van der Waals surface area contributed by atoms with Crippen LogP contribution in [0.1, 0.15) is 5.76 Å². The average Bonchev–Trinajstić information content (AvgIpc) is 2.73. The number of nitrogens with zero attached hydrogens (tertiary/aromatic N) is 1. The van der Waals surface area contributed by atoms with Crippen molar-refractivity contribution in [3.8, 4) is 10.6 Å². The molecule has 2 rings (SSSR count). The van der Waals surface area contributed by atoms with Gasteiger partial charge in [0.1, 0.15) is 5.69 Å². The van der Waals surface area contributed by atoms with E-state index in [1.54, 1.807) is 17.4 Å². The van der Waals surface area contributed by atoms with Gasteiger partial charge in [-0.25, -0.2) is 0 Å². The largest absolute Gasteiger partial charge is 0.356 e. The van der Waals surface area contributed by atoms with E-state index in [9.17, 15) is 0 Å². The smallest absolute Gasteiger partial charge is 0.250 e. The summed E-state index contributed by atoms with van der Waals surface area (Å²) < 4.78 is 3.36. The number of aromatic nitrogens is 1. The van der Waals surface area contributed by atoms with E-state index in [0.717, 1.165) is 4.88 Å². The Morgan fingerprint density at radius 3 is 2.64 bits per heavy atom. The van der Waals surface area contributed by atoms with Crippen molar-refractivity contribution in [2.24, 2.45) is 0 Å². The lowest BCUT2D eigenvalue weighted by molar-refractivity contribution is 0.389. The lowest BCUT2D eigenvalue weighted by Crippen LogP contribution is -1.96. The minimum atomic E-state index is -1.55. The molecule has 0 fully saturated rings. The first kappa shape index (κ1) is 10.3. The van der Waals surface area contributed by atoms with Crippen LogP contribution in [-0.2, 0) is 3.79 Å². The maximum atomic E-state index is 5.63. The van der Waals surface area contributed by atoms with Crippen molar-refractivity contribution in [2.75, 3.05) is 0 Å². The van der Waals surface area contributed by atoms with Gasteiger partial charge in [-0.3, -0.25) is 0 Å². The zero-order chi connectivity index (χ0) is 10.2. The Bertz CT molecular complexity index is 418. The van der Waals surface area contributed by atoms with E-state index in [4.69, 9.17) is 39.3 Å². The summed E-state index contributed by atoms with van der Waals surface area (Å²) in [4.78, 5) is 0.981. The van der Waals surface area contributed by atoms with Crippen LogP contribution < -0.4 is 0 Å². The van der Waals surface area contributed by atoms with Crippen LogP contribution >= 0.6 is 46.1 Å². The van der Waals surface area contributed by atoms with Gasteiger partial charge in [0.05, 0.1) is 4.88 Å². The van der Waals surface area contributed by atoms with Gasteiger partial charge in [0, 0.05) is 6.07 Å². The average molecular weight is 269 g/mol. The number of alkyl halides is 3. The zero-order valence-electron chi connectivity index (χ0n) is 6.71. The molecule has 0 saturated heterocycles. The van der Waals surface area contributed by atoms with Crippen LogP contribution in [0.4, 0.5) is 0 Å². The zero-order valence-corrected chi connectivity index (χ0v) is 9.79. The molecule has 0 atom stereocenters. The maximum Gasteiger partial charge on any atom is 0.250 e. The summed E-state index contributed by atoms with van der Waals surface area (Å²) in [5, 5.41) is 5.75. The van der Waals surface area contributed by atoms with E-state index in [1.807, 2.05) is 17.5 Å². The molecule has 0 saturated carbocycles. The van der Waals surface area contributed by atoms with Gasteiger partial charge in [0.25, 0.3) is 3.79 Å². The SMILES string of the molecule is ClC(Cl)(Cl)c1cc(-c2cccs2)no1. The van der Waals surface area contributed by atoms with E-state index < -0.39 is 3.79 Å². The molecule has 6 heteroatoms. The normalized spacial score (nSPS) is 11.9. The molecule has 0 radical (unpaired) electrons. The third-order valence-electron chi connectivity index (χ3n) is 1.56. The van der Waals surface area contributed by atoms with Crippen LogP contribution in [0.15, 0.2) is 28.1 Å². The molecule has 2 heterocycles. The first-order valence-corrected chi connectivity index (χ1v) is 5.66. The van der Waals surface area contributed by atoms with Crippen LogP contribution in [0.3, 0.4) is 0 Å². The molecular formula is C8H4Cl3NOS. The summed E-state index contributed by atoms with van der Waals surface area (Å²) in [5.41, 5.74) is 0.682. The first-order chi connectivity index (χ1) is 6.57. The minimum absolute atomic E-state index is 0.228. The van der Waals surface area contributed by atoms with Crippen molar-refractivity contribution < 1.29 is 4.52 Å². The molecule has 0 aliphatic rings. The molecule has 14 heavy (non-hydrogen) atoms. The summed E-state index contributed by atoms with van der Waals surface area (Å²) in [6.07, 6.45) is 0. The van der Waals surface area contributed by atoms with E-state index in [0.29, 0.717) is 5.69 Å². The lowest BCUT2D eigenvalue weighted by Gasteiger charge is -2.02. The third kappa shape index (κ3) is 2.06. The highest BCUT2D eigenvalue weighted by atomic mass is 35.6. The van der Waals surface area contributed by atoms with E-state index in [-0.39, 0.29) is 5.76 Å². The van der Waals surface area contributed by atoms with Gasteiger partial charge >= 0.3 is 0 Å². The predicted octanol–water partition coefficient (Wildman–Crippen LogP) is 4.23. The van der Waals surface area contributed by atoms with Gasteiger partial charge in [0.2, 0.25) is 0 Å². The van der Waals surface area contributed by atoms with Crippen molar-refractivity contribution >= 4 is 46.1 Å². The molecule has 2 aromatic heterocycles. The number of hydrogen-bond donors (Lipinski definition) is 0. The van der Waals surface area contributed by atoms with Crippen molar-refractivity contribution in [3.63, 3.8) is 0 Å². The molecule has 2 aromatic rings. The summed E-state index contributed by atoms with van der Waals surface area (Å²) in [6.45, 7) is 0. The van der Waals surface area contributed by atoms with Crippen molar-refractivity contribution in [3.05, 3.63) is 29.3 Å². The van der Waals surface area contributed by atoms with Crippen LogP contribution in [0.2, 0.25) is 0 Å². The van der Waals surface area contributed by atoms with Crippen LogP contribution in [0.25, 0.3) is 10.6 Å². The molecule has 0 bridgehead atoms. The molecule has 74 valence electrons. The van der Waals surface area contributed by atoms with Crippen molar-refractivity contribution in [1.29, 1.82) is 0 Å². The van der Waals surface area contributed by atoms with Gasteiger partial charge < -0.3 is 4.52 Å². The second-order valence-electron chi connectivity index (χ2n) is 2.55. The van der Waals surface area contributed by atoms with Crippen LogP contribution in [0.5, 0.6) is 0 Å². The fourth-order valence-electron chi connectivity index (χ4n) is 0.949. The molecule has 0 aliphatic carbocycles. The lowest BCUT2D eigenvalue weighted by atomic mass is 10.3. The minimum Gasteiger partial charge on any atom is -0.356 e. The monoisotopic (exact) mass is 267 g/mol. The topological polar surface area (TPSA) is 26.0 Å². The predicted molar refractivity (Wildman–Crippen MR) is 59.1 cm³/mol. The highest BCUT2D eigenvalue weighted by Gasteiger charge is 2.28. The second-order valence-corrected chi connectivity index (χ2v) is 5.78. The number of halogens is 3. The molecule has 0 amide bonds. The molecule has 0 unspecified atom stereocenters. The fourth-order valence-corrected chi connectivity index (χ4v) is 1.89. The highest BCUT2D eigenvalue weighted by Crippen LogP contribution is 2.39. The van der Waals surface area contributed by atoms with Gasteiger partial charge in [-0.1, -0.05) is 46.0 Å². The van der Waals surface area contributed by atoms with E-state index in [1.165, 1.54) is 0 Å². The summed E-state index contributed by atoms with van der Waals surface area (Å²) >= 11 is 18.4. The summed E-state index contributed by atoms with van der Waals surface area (Å²) in [6, 6.07) is 5.47. The first-order valence-electron chi connectivity index (χ1n) is 3.65. The van der Waals surface area contributed by atoms with Gasteiger partial charge in [-0.05, 0) is 11.4 Å². The second kappa shape index (κ2) is 3.74. The molecule has 0 N–H and O–H groups in total. The molecule has 2 nitrogen and oxygen atoms in total. The Balaban J connectivity index is 2.36. The molecule has 0 aromatic carbocycles. The summed E-state index contributed by atoms with van der Waals surface area (Å²) in [5.74, 6) is 0.228. The quantitative estimate of drug-likeness (QED) is 0.723. The standard InChI is InChI=1S/C8H4Cl3NOS/c9-8(10,11)7-4-5(12-13-7)6-2-1-3-14-6/h1-4H. The number of rotatable bonds is 1. The highest BCUT2D eigenvalue weighted by molar-refractivity contribution is 7.13. The Hall–Kier alpha value is -0.220. The number of hydrogen-bond acceptors (Lipinski definition) is 3. The van der Waals surface area contributed by atoms with Crippen molar-refractivity contribution in [2.45, 2.75) is 3.79 Å². The van der Waals surface area contributed by atoms with E-state index >= 15 is 0 Å². The molecule has 0 aliphatic heterocycles. The Morgan fingerprint density at radius 1 is 1.36 bits per heavy atom.